The lowest BCUT2D eigenvalue weighted by atomic mass is 10.1. The van der Waals surface area contributed by atoms with Gasteiger partial charge in [0.1, 0.15) is 5.82 Å². The number of nitrogens with zero attached hydrogens (tertiary/aromatic N) is 1. The second-order valence-electron chi connectivity index (χ2n) is 4.67. The topological polar surface area (TPSA) is 46.3 Å². The minimum absolute atomic E-state index is 0.0589. The van der Waals surface area contributed by atoms with Crippen molar-refractivity contribution in [2.24, 2.45) is 5.73 Å². The number of nitrogens with two attached hydrogens (primary N) is 1. The molecule has 2 rings (SSSR count). The van der Waals surface area contributed by atoms with Crippen LogP contribution in [0, 0.1) is 5.82 Å². The minimum atomic E-state index is -0.314. The molecular formula is C13H16BrFN2O. The molecule has 0 bridgehead atoms. The maximum Gasteiger partial charge on any atom is 0.227 e. The highest BCUT2D eigenvalue weighted by molar-refractivity contribution is 9.10. The van der Waals surface area contributed by atoms with E-state index in [0.717, 1.165) is 24.9 Å². The molecule has 1 aromatic carbocycles. The van der Waals surface area contributed by atoms with Gasteiger partial charge in [0.05, 0.1) is 10.9 Å². The van der Waals surface area contributed by atoms with Gasteiger partial charge in [-0.15, -0.1) is 0 Å². The van der Waals surface area contributed by atoms with Gasteiger partial charge in [-0.1, -0.05) is 6.07 Å². The van der Waals surface area contributed by atoms with Crippen molar-refractivity contribution >= 4 is 21.8 Å². The number of rotatable bonds is 2. The summed E-state index contributed by atoms with van der Waals surface area (Å²) in [4.78, 5) is 13.9. The maximum absolute atomic E-state index is 13.1. The Morgan fingerprint density at radius 1 is 1.56 bits per heavy atom. The number of hydrogen-bond donors (Lipinski definition) is 1. The Balaban J connectivity index is 2.00. The smallest absolute Gasteiger partial charge is 0.227 e. The Kier molecular flexibility index (Phi) is 4.35. The monoisotopic (exact) mass is 314 g/mol. The van der Waals surface area contributed by atoms with Crippen LogP contribution < -0.4 is 5.73 Å². The summed E-state index contributed by atoms with van der Waals surface area (Å²) in [7, 11) is 0. The summed E-state index contributed by atoms with van der Waals surface area (Å²) in [5.41, 5.74) is 6.66. The SMILES string of the molecule is NC1CCCN(C(=O)Cc2ccc(F)c(Br)c2)C1. The summed E-state index contributed by atoms with van der Waals surface area (Å²) in [5, 5.41) is 0. The molecule has 5 heteroatoms. The van der Waals surface area contributed by atoms with Gasteiger partial charge in [-0.25, -0.2) is 4.39 Å². The Morgan fingerprint density at radius 2 is 2.33 bits per heavy atom. The molecule has 1 aliphatic rings. The predicted molar refractivity (Wildman–Crippen MR) is 71.6 cm³/mol. The standard InChI is InChI=1S/C13H16BrFN2O/c14-11-6-9(3-4-12(11)15)7-13(18)17-5-1-2-10(16)8-17/h3-4,6,10H,1-2,5,7-8,16H2. The number of benzene rings is 1. The van der Waals surface area contributed by atoms with Crippen molar-refractivity contribution in [1.29, 1.82) is 0 Å². The minimum Gasteiger partial charge on any atom is -0.341 e. The van der Waals surface area contributed by atoms with Gasteiger partial charge < -0.3 is 10.6 Å². The zero-order valence-electron chi connectivity index (χ0n) is 10.0. The van der Waals surface area contributed by atoms with Gasteiger partial charge in [0.2, 0.25) is 5.91 Å². The first kappa shape index (κ1) is 13.5. The molecular weight excluding hydrogens is 299 g/mol. The van der Waals surface area contributed by atoms with Crippen molar-refractivity contribution < 1.29 is 9.18 Å². The largest absolute Gasteiger partial charge is 0.341 e. The van der Waals surface area contributed by atoms with Gasteiger partial charge in [-0.3, -0.25) is 4.79 Å². The normalized spacial score (nSPS) is 19.9. The van der Waals surface area contributed by atoms with E-state index in [1.54, 1.807) is 17.0 Å². The number of carbonyl (C=O) groups excluding carboxylic acids is 1. The summed E-state index contributed by atoms with van der Waals surface area (Å²) in [6.45, 7) is 1.40. The van der Waals surface area contributed by atoms with Gasteiger partial charge in [0.15, 0.2) is 0 Å². The molecule has 0 aliphatic carbocycles. The van der Waals surface area contributed by atoms with E-state index in [9.17, 15) is 9.18 Å². The average molecular weight is 315 g/mol. The number of piperidine rings is 1. The fourth-order valence-electron chi connectivity index (χ4n) is 2.17. The maximum atomic E-state index is 13.1. The van der Waals surface area contributed by atoms with Crippen molar-refractivity contribution in [3.8, 4) is 0 Å². The molecule has 18 heavy (non-hydrogen) atoms. The van der Waals surface area contributed by atoms with Crippen molar-refractivity contribution in [1.82, 2.24) is 4.90 Å². The van der Waals surface area contributed by atoms with Gasteiger partial charge >= 0.3 is 0 Å². The molecule has 1 fully saturated rings. The number of amides is 1. The third-order valence-corrected chi connectivity index (χ3v) is 3.76. The van der Waals surface area contributed by atoms with Crippen molar-refractivity contribution in [2.45, 2.75) is 25.3 Å². The van der Waals surface area contributed by atoms with Gasteiger partial charge in [-0.05, 0) is 46.5 Å². The molecule has 0 aromatic heterocycles. The highest BCUT2D eigenvalue weighted by Gasteiger charge is 2.21. The summed E-state index contributed by atoms with van der Waals surface area (Å²) >= 11 is 3.12. The lowest BCUT2D eigenvalue weighted by Crippen LogP contribution is -2.46. The summed E-state index contributed by atoms with van der Waals surface area (Å²) in [6.07, 6.45) is 2.23. The molecule has 98 valence electrons. The molecule has 0 saturated carbocycles. The van der Waals surface area contributed by atoms with Gasteiger partial charge in [0, 0.05) is 19.1 Å². The molecule has 2 N–H and O–H groups in total. The van der Waals surface area contributed by atoms with E-state index in [1.807, 2.05) is 0 Å². The van der Waals surface area contributed by atoms with Crippen LogP contribution in [0.2, 0.25) is 0 Å². The molecule has 0 radical (unpaired) electrons. The van der Waals surface area contributed by atoms with Crippen molar-refractivity contribution in [2.75, 3.05) is 13.1 Å². The lowest BCUT2D eigenvalue weighted by Gasteiger charge is -2.30. The van der Waals surface area contributed by atoms with E-state index in [4.69, 9.17) is 5.73 Å². The third-order valence-electron chi connectivity index (χ3n) is 3.15. The molecule has 1 heterocycles. The van der Waals surface area contributed by atoms with E-state index in [2.05, 4.69) is 15.9 Å². The number of likely N-dealkylation sites (tertiary alicyclic amines) is 1. The van der Waals surface area contributed by atoms with Crippen molar-refractivity contribution in [3.05, 3.63) is 34.1 Å². The van der Waals surface area contributed by atoms with Crippen LogP contribution >= 0.6 is 15.9 Å². The molecule has 3 nitrogen and oxygen atoms in total. The molecule has 1 aromatic rings. The van der Waals surface area contributed by atoms with Crippen LogP contribution in [0.25, 0.3) is 0 Å². The highest BCUT2D eigenvalue weighted by atomic mass is 79.9. The van der Waals surface area contributed by atoms with Crippen LogP contribution in [0.4, 0.5) is 4.39 Å². The molecule has 1 amide bonds. The Bertz CT molecular complexity index is 453. The zero-order valence-corrected chi connectivity index (χ0v) is 11.6. The number of hydrogen-bond acceptors (Lipinski definition) is 2. The van der Waals surface area contributed by atoms with Crippen LogP contribution in [-0.4, -0.2) is 29.9 Å². The summed E-state index contributed by atoms with van der Waals surface area (Å²) < 4.78 is 13.5. The van der Waals surface area contributed by atoms with E-state index >= 15 is 0 Å². The quantitative estimate of drug-likeness (QED) is 0.908. The van der Waals surface area contributed by atoms with E-state index < -0.39 is 0 Å². The van der Waals surface area contributed by atoms with Crippen LogP contribution in [0.15, 0.2) is 22.7 Å². The summed E-state index contributed by atoms with van der Waals surface area (Å²) in [5.74, 6) is -0.255. The lowest BCUT2D eigenvalue weighted by molar-refractivity contribution is -0.131. The van der Waals surface area contributed by atoms with E-state index in [-0.39, 0.29) is 17.8 Å². The Hall–Kier alpha value is -0.940. The fraction of sp³-hybridized carbons (Fsp3) is 0.462. The average Bonchev–Trinajstić information content (AvgIpc) is 2.34. The first-order valence-corrected chi connectivity index (χ1v) is 6.83. The van der Waals surface area contributed by atoms with Crippen LogP contribution in [0.5, 0.6) is 0 Å². The second-order valence-corrected chi connectivity index (χ2v) is 5.52. The van der Waals surface area contributed by atoms with E-state index in [1.165, 1.54) is 6.07 Å². The summed E-state index contributed by atoms with van der Waals surface area (Å²) in [6, 6.07) is 4.75. The molecule has 0 spiro atoms. The predicted octanol–water partition coefficient (Wildman–Crippen LogP) is 2.08. The third kappa shape index (κ3) is 3.29. The fourth-order valence-corrected chi connectivity index (χ4v) is 2.60. The van der Waals surface area contributed by atoms with Crippen molar-refractivity contribution in [3.63, 3.8) is 0 Å². The Morgan fingerprint density at radius 3 is 3.00 bits per heavy atom. The van der Waals surface area contributed by atoms with Crippen LogP contribution in [0.1, 0.15) is 18.4 Å². The number of carbonyl (C=O) groups is 1. The Labute approximate surface area is 114 Å². The first-order chi connectivity index (χ1) is 8.56. The van der Waals surface area contributed by atoms with Crippen LogP contribution in [-0.2, 0) is 11.2 Å². The molecule has 1 saturated heterocycles. The molecule has 1 aliphatic heterocycles. The molecule has 1 atom stereocenters. The van der Waals surface area contributed by atoms with E-state index in [0.29, 0.717) is 17.4 Å². The zero-order chi connectivity index (χ0) is 13.1. The highest BCUT2D eigenvalue weighted by Crippen LogP contribution is 2.18. The first-order valence-electron chi connectivity index (χ1n) is 6.03. The van der Waals surface area contributed by atoms with Crippen LogP contribution in [0.3, 0.4) is 0 Å². The number of halogens is 2. The second kappa shape index (κ2) is 5.80. The molecule has 1 unspecified atom stereocenters. The van der Waals surface area contributed by atoms with Gasteiger partial charge in [0.25, 0.3) is 0 Å². The van der Waals surface area contributed by atoms with Gasteiger partial charge in [-0.2, -0.15) is 0 Å².